The molecule has 0 radical (unpaired) electrons. The van der Waals surface area contributed by atoms with Crippen molar-refractivity contribution in [3.8, 4) is 0 Å². The maximum absolute atomic E-state index is 11.2. The molecule has 1 amide bonds. The molecule has 0 spiro atoms. The number of carbonyl (C=O) groups excluding carboxylic acids is 3. The average Bonchev–Trinajstić information content (AvgIpc) is 2.75. The van der Waals surface area contributed by atoms with E-state index in [2.05, 4.69) is 5.32 Å². The van der Waals surface area contributed by atoms with E-state index in [9.17, 15) is 14.4 Å². The van der Waals surface area contributed by atoms with Crippen LogP contribution in [0.25, 0.3) is 0 Å². The maximum atomic E-state index is 11.2. The first-order valence-corrected chi connectivity index (χ1v) is 6.59. The molecule has 0 aromatic heterocycles. The van der Waals surface area contributed by atoms with E-state index in [4.69, 9.17) is 18.9 Å². The number of amides is 1. The van der Waals surface area contributed by atoms with Crippen molar-refractivity contribution in [2.75, 3.05) is 13.7 Å². The summed E-state index contributed by atoms with van der Waals surface area (Å²) in [5.74, 6) is -1.20. The van der Waals surface area contributed by atoms with Crippen molar-refractivity contribution in [2.45, 2.75) is 51.7 Å². The fraction of sp³-hybridized carbons (Fsp3) is 0.769. The highest BCUT2D eigenvalue weighted by atomic mass is 16.7. The van der Waals surface area contributed by atoms with Gasteiger partial charge in [0.1, 0.15) is 12.7 Å². The molecular formula is C13H21NO7. The molecule has 1 N–H and O–H groups in total. The van der Waals surface area contributed by atoms with E-state index in [0.717, 1.165) is 0 Å². The highest BCUT2D eigenvalue weighted by Crippen LogP contribution is 2.25. The van der Waals surface area contributed by atoms with Gasteiger partial charge in [-0.1, -0.05) is 0 Å². The number of methoxy groups -OCH3 is 1. The molecule has 1 fully saturated rings. The lowest BCUT2D eigenvalue weighted by Crippen LogP contribution is -2.40. The van der Waals surface area contributed by atoms with Crippen LogP contribution in [0.1, 0.15) is 27.2 Å². The molecule has 8 heteroatoms. The van der Waals surface area contributed by atoms with E-state index < -0.39 is 30.4 Å². The van der Waals surface area contributed by atoms with E-state index in [0.29, 0.717) is 6.42 Å². The lowest BCUT2D eigenvalue weighted by molar-refractivity contribution is -0.179. The van der Waals surface area contributed by atoms with Crippen LogP contribution in [0.5, 0.6) is 0 Å². The van der Waals surface area contributed by atoms with Crippen molar-refractivity contribution in [2.24, 2.45) is 0 Å². The smallest absolute Gasteiger partial charge is 0.303 e. The normalized spacial score (nSPS) is 26.0. The van der Waals surface area contributed by atoms with Gasteiger partial charge >= 0.3 is 11.9 Å². The Hall–Kier alpha value is -1.67. The first-order valence-electron chi connectivity index (χ1n) is 6.59. The van der Waals surface area contributed by atoms with Gasteiger partial charge in [0.15, 0.2) is 12.4 Å². The number of hydrogen-bond acceptors (Lipinski definition) is 7. The zero-order chi connectivity index (χ0) is 16.0. The molecule has 0 unspecified atom stereocenters. The van der Waals surface area contributed by atoms with Gasteiger partial charge < -0.3 is 24.3 Å². The Labute approximate surface area is 123 Å². The van der Waals surface area contributed by atoms with Crippen molar-refractivity contribution in [1.29, 1.82) is 0 Å². The predicted octanol–water partition coefficient (Wildman–Crippen LogP) is -0.253. The molecule has 21 heavy (non-hydrogen) atoms. The Bertz CT molecular complexity index is 398. The molecule has 0 aromatic carbocycles. The maximum Gasteiger partial charge on any atom is 0.303 e. The van der Waals surface area contributed by atoms with Gasteiger partial charge in [0.2, 0.25) is 5.91 Å². The third-order valence-electron chi connectivity index (χ3n) is 2.93. The van der Waals surface area contributed by atoms with Crippen molar-refractivity contribution >= 4 is 17.8 Å². The SMILES string of the molecule is CO[C@H]1O[C@H]([C@@H](COC(C)=O)OC(C)=O)C[C@@H]1NC(C)=O. The van der Waals surface area contributed by atoms with E-state index in [-0.39, 0.29) is 18.6 Å². The van der Waals surface area contributed by atoms with Crippen molar-refractivity contribution < 1.29 is 33.3 Å². The van der Waals surface area contributed by atoms with Crippen molar-refractivity contribution in [1.82, 2.24) is 5.32 Å². The fourth-order valence-corrected chi connectivity index (χ4v) is 2.16. The van der Waals surface area contributed by atoms with Crippen LogP contribution in [0, 0.1) is 0 Å². The Morgan fingerprint density at radius 2 is 1.90 bits per heavy atom. The van der Waals surface area contributed by atoms with Gasteiger partial charge in [-0.25, -0.2) is 0 Å². The second-order valence-electron chi connectivity index (χ2n) is 4.77. The summed E-state index contributed by atoms with van der Waals surface area (Å²) in [6, 6.07) is -0.354. The average molecular weight is 303 g/mol. The van der Waals surface area contributed by atoms with Gasteiger partial charge in [0.05, 0.1) is 6.04 Å². The summed E-state index contributed by atoms with van der Waals surface area (Å²) < 4.78 is 20.8. The molecule has 1 rings (SSSR count). The van der Waals surface area contributed by atoms with Gasteiger partial charge in [-0.3, -0.25) is 14.4 Å². The Kier molecular flexibility index (Phi) is 6.57. The highest BCUT2D eigenvalue weighted by molar-refractivity contribution is 5.73. The first kappa shape index (κ1) is 17.4. The van der Waals surface area contributed by atoms with Crippen LogP contribution in [0.15, 0.2) is 0 Å². The minimum absolute atomic E-state index is 0.108. The third-order valence-corrected chi connectivity index (χ3v) is 2.93. The number of carbonyl (C=O) groups is 3. The standard InChI is InChI=1S/C13H21NO7/c1-7(15)14-10-5-11(21-13(10)18-4)12(20-9(3)17)6-19-8(2)16/h10-13H,5-6H2,1-4H3,(H,14,15)/t10-,11-,12+,13-/m0/s1. The molecular weight excluding hydrogens is 282 g/mol. The minimum Gasteiger partial charge on any atom is -0.462 e. The number of rotatable bonds is 6. The van der Waals surface area contributed by atoms with Crippen molar-refractivity contribution in [3.63, 3.8) is 0 Å². The number of esters is 2. The van der Waals surface area contributed by atoms with E-state index in [1.807, 2.05) is 0 Å². The summed E-state index contributed by atoms with van der Waals surface area (Å²) in [6.07, 6.45) is -1.54. The summed E-state index contributed by atoms with van der Waals surface area (Å²) >= 11 is 0. The van der Waals surface area contributed by atoms with Gasteiger partial charge in [-0.2, -0.15) is 0 Å². The highest BCUT2D eigenvalue weighted by Gasteiger charge is 2.41. The van der Waals surface area contributed by atoms with Crippen LogP contribution in [0.4, 0.5) is 0 Å². The molecule has 4 atom stereocenters. The van der Waals surface area contributed by atoms with Crippen LogP contribution >= 0.6 is 0 Å². The zero-order valence-corrected chi connectivity index (χ0v) is 12.6. The molecule has 1 aliphatic rings. The summed E-state index contributed by atoms with van der Waals surface area (Å²) in [5.41, 5.74) is 0. The van der Waals surface area contributed by atoms with Gasteiger partial charge in [-0.05, 0) is 0 Å². The Balaban J connectivity index is 2.71. The second-order valence-corrected chi connectivity index (χ2v) is 4.77. The van der Waals surface area contributed by atoms with Gasteiger partial charge in [-0.15, -0.1) is 0 Å². The zero-order valence-electron chi connectivity index (χ0n) is 12.6. The largest absolute Gasteiger partial charge is 0.462 e. The minimum atomic E-state index is -0.747. The molecule has 1 heterocycles. The van der Waals surface area contributed by atoms with Crippen LogP contribution in [-0.4, -0.2) is 56.1 Å². The van der Waals surface area contributed by atoms with Gasteiger partial charge in [0, 0.05) is 34.3 Å². The Morgan fingerprint density at radius 3 is 2.38 bits per heavy atom. The molecule has 120 valence electrons. The van der Waals surface area contributed by atoms with Crippen LogP contribution in [-0.2, 0) is 33.3 Å². The molecule has 0 aromatic rings. The summed E-state index contributed by atoms with van der Waals surface area (Å²) in [6.45, 7) is 3.80. The Morgan fingerprint density at radius 1 is 1.24 bits per heavy atom. The van der Waals surface area contributed by atoms with E-state index >= 15 is 0 Å². The summed E-state index contributed by atoms with van der Waals surface area (Å²) in [4.78, 5) is 33.2. The molecule has 0 bridgehead atoms. The predicted molar refractivity (Wildman–Crippen MR) is 70.1 cm³/mol. The first-order chi connectivity index (χ1) is 9.83. The summed E-state index contributed by atoms with van der Waals surface area (Å²) in [7, 11) is 1.45. The quantitative estimate of drug-likeness (QED) is 0.675. The second kappa shape index (κ2) is 7.94. The monoisotopic (exact) mass is 303 g/mol. The number of hydrogen-bond donors (Lipinski definition) is 1. The van der Waals surface area contributed by atoms with E-state index in [1.165, 1.54) is 27.9 Å². The molecule has 8 nitrogen and oxygen atoms in total. The van der Waals surface area contributed by atoms with Crippen LogP contribution in [0.3, 0.4) is 0 Å². The molecule has 1 saturated heterocycles. The van der Waals surface area contributed by atoms with Gasteiger partial charge in [0.25, 0.3) is 0 Å². The van der Waals surface area contributed by atoms with E-state index in [1.54, 1.807) is 0 Å². The number of ether oxygens (including phenoxy) is 4. The lowest BCUT2D eigenvalue weighted by Gasteiger charge is -2.22. The van der Waals surface area contributed by atoms with Crippen LogP contribution < -0.4 is 5.32 Å². The molecule has 0 saturated carbocycles. The van der Waals surface area contributed by atoms with Crippen LogP contribution in [0.2, 0.25) is 0 Å². The fourth-order valence-electron chi connectivity index (χ4n) is 2.16. The molecule has 0 aliphatic carbocycles. The molecule has 1 aliphatic heterocycles. The topological polar surface area (TPSA) is 100 Å². The summed E-state index contributed by atoms with van der Waals surface area (Å²) in [5, 5.41) is 2.71. The van der Waals surface area contributed by atoms with Crippen molar-refractivity contribution in [3.05, 3.63) is 0 Å². The third kappa shape index (κ3) is 5.68. The number of nitrogens with one attached hydrogen (secondary N) is 1. The lowest BCUT2D eigenvalue weighted by atomic mass is 10.1.